The molecule has 0 spiro atoms. The molecule has 6 nitrogen and oxygen atoms in total. The molecule has 19 heavy (non-hydrogen) atoms. The van der Waals surface area contributed by atoms with Crippen LogP contribution in [0.3, 0.4) is 0 Å². The van der Waals surface area contributed by atoms with Gasteiger partial charge in [-0.05, 0) is 19.3 Å². The van der Waals surface area contributed by atoms with Crippen LogP contribution in [0.1, 0.15) is 38.5 Å². The Balaban J connectivity index is 1.83. The van der Waals surface area contributed by atoms with E-state index in [1.807, 2.05) is 0 Å². The normalized spacial score (nSPS) is 24.5. The highest BCUT2D eigenvalue weighted by Gasteiger charge is 2.31. The molecule has 106 valence electrons. The van der Waals surface area contributed by atoms with E-state index >= 15 is 0 Å². The highest BCUT2D eigenvalue weighted by atomic mass is 16.4. The number of nitrogens with one attached hydrogen (secondary N) is 1. The molecule has 0 aromatic rings. The Kier molecular flexibility index (Phi) is 4.39. The van der Waals surface area contributed by atoms with Crippen molar-refractivity contribution < 1.29 is 19.5 Å². The molecule has 2 N–H and O–H groups in total. The van der Waals surface area contributed by atoms with Crippen molar-refractivity contribution in [2.24, 2.45) is 5.92 Å². The van der Waals surface area contributed by atoms with Crippen LogP contribution in [-0.4, -0.2) is 46.9 Å². The first kappa shape index (κ1) is 13.8. The van der Waals surface area contributed by atoms with Gasteiger partial charge in [0.1, 0.15) is 0 Å². The van der Waals surface area contributed by atoms with Gasteiger partial charge in [-0.15, -0.1) is 0 Å². The molecular weight excluding hydrogens is 248 g/mol. The van der Waals surface area contributed by atoms with Gasteiger partial charge in [0, 0.05) is 19.0 Å². The quantitative estimate of drug-likeness (QED) is 0.771. The van der Waals surface area contributed by atoms with Crippen LogP contribution in [0.5, 0.6) is 0 Å². The van der Waals surface area contributed by atoms with Crippen molar-refractivity contribution in [2.45, 2.75) is 44.6 Å². The average molecular weight is 268 g/mol. The zero-order valence-corrected chi connectivity index (χ0v) is 10.9. The Bertz CT molecular complexity index is 377. The molecule has 0 aromatic heterocycles. The van der Waals surface area contributed by atoms with Gasteiger partial charge in [0.15, 0.2) is 0 Å². The number of amides is 2. The first-order valence-electron chi connectivity index (χ1n) is 6.86. The largest absolute Gasteiger partial charge is 0.481 e. The molecule has 1 unspecified atom stereocenters. The Morgan fingerprint density at radius 3 is 2.58 bits per heavy atom. The molecule has 2 aliphatic rings. The fourth-order valence-corrected chi connectivity index (χ4v) is 2.79. The summed E-state index contributed by atoms with van der Waals surface area (Å²) in [4.78, 5) is 35.8. The molecule has 1 atom stereocenters. The van der Waals surface area contributed by atoms with Crippen LogP contribution in [0.15, 0.2) is 0 Å². The predicted octanol–water partition coefficient (Wildman–Crippen LogP) is 0.368. The third kappa shape index (κ3) is 3.68. The van der Waals surface area contributed by atoms with Crippen LogP contribution < -0.4 is 5.32 Å². The smallest absolute Gasteiger partial charge is 0.308 e. The van der Waals surface area contributed by atoms with Crippen LogP contribution in [0.4, 0.5) is 0 Å². The second-order valence-electron chi connectivity index (χ2n) is 5.40. The molecule has 6 heteroatoms. The Hall–Kier alpha value is -1.59. The number of hydrogen-bond acceptors (Lipinski definition) is 3. The number of carbonyl (C=O) groups is 3. The van der Waals surface area contributed by atoms with E-state index < -0.39 is 11.9 Å². The summed E-state index contributed by atoms with van der Waals surface area (Å²) >= 11 is 0. The van der Waals surface area contributed by atoms with Crippen LogP contribution in [0.2, 0.25) is 0 Å². The van der Waals surface area contributed by atoms with Gasteiger partial charge >= 0.3 is 5.97 Å². The lowest BCUT2D eigenvalue weighted by molar-refractivity contribution is -0.149. The number of hydrogen-bond donors (Lipinski definition) is 2. The van der Waals surface area contributed by atoms with Crippen LogP contribution in [0, 0.1) is 5.92 Å². The topological polar surface area (TPSA) is 86.7 Å². The molecule has 1 heterocycles. The molecule has 2 rings (SSSR count). The molecule has 1 saturated carbocycles. The number of carboxylic acids is 1. The highest BCUT2D eigenvalue weighted by molar-refractivity contribution is 5.86. The lowest BCUT2D eigenvalue weighted by Gasteiger charge is -2.30. The SMILES string of the molecule is O=C(CN1CC(C(=O)O)CCC1=O)NC1CCCC1. The summed E-state index contributed by atoms with van der Waals surface area (Å²) < 4.78 is 0. The number of carboxylic acid groups (broad SMARTS) is 1. The van der Waals surface area contributed by atoms with Crippen LogP contribution >= 0.6 is 0 Å². The molecule has 0 aromatic carbocycles. The van der Waals surface area contributed by atoms with Gasteiger partial charge in [-0.2, -0.15) is 0 Å². The maximum Gasteiger partial charge on any atom is 0.308 e. The van der Waals surface area contributed by atoms with E-state index in [1.54, 1.807) is 0 Å². The molecule has 0 radical (unpaired) electrons. The van der Waals surface area contributed by atoms with E-state index in [0.717, 1.165) is 25.7 Å². The van der Waals surface area contributed by atoms with Gasteiger partial charge in [-0.25, -0.2) is 0 Å². The van der Waals surface area contributed by atoms with E-state index in [4.69, 9.17) is 5.11 Å². The van der Waals surface area contributed by atoms with Gasteiger partial charge in [0.05, 0.1) is 12.5 Å². The summed E-state index contributed by atoms with van der Waals surface area (Å²) in [5.74, 6) is -1.74. The van der Waals surface area contributed by atoms with E-state index in [9.17, 15) is 14.4 Å². The van der Waals surface area contributed by atoms with Crippen molar-refractivity contribution in [2.75, 3.05) is 13.1 Å². The fourth-order valence-electron chi connectivity index (χ4n) is 2.79. The summed E-state index contributed by atoms with van der Waals surface area (Å²) in [6.45, 7) is 0.130. The van der Waals surface area contributed by atoms with E-state index in [0.29, 0.717) is 6.42 Å². The second-order valence-corrected chi connectivity index (χ2v) is 5.40. The summed E-state index contributed by atoms with van der Waals surface area (Å²) in [7, 11) is 0. The number of carbonyl (C=O) groups excluding carboxylic acids is 2. The standard InChI is InChI=1S/C13H20N2O4/c16-11(14-10-3-1-2-4-10)8-15-7-9(13(18)19)5-6-12(15)17/h9-10H,1-8H2,(H,14,16)(H,18,19). The first-order chi connectivity index (χ1) is 9.06. The van der Waals surface area contributed by atoms with Crippen molar-refractivity contribution in [1.82, 2.24) is 10.2 Å². The third-order valence-corrected chi connectivity index (χ3v) is 3.90. The van der Waals surface area contributed by atoms with Gasteiger partial charge in [0.2, 0.25) is 11.8 Å². The average Bonchev–Trinajstić information content (AvgIpc) is 2.84. The van der Waals surface area contributed by atoms with E-state index in [1.165, 1.54) is 4.90 Å². The zero-order valence-electron chi connectivity index (χ0n) is 10.9. The van der Waals surface area contributed by atoms with E-state index in [-0.39, 0.29) is 37.4 Å². The van der Waals surface area contributed by atoms with Crippen molar-refractivity contribution in [3.63, 3.8) is 0 Å². The van der Waals surface area contributed by atoms with Crippen LogP contribution in [-0.2, 0) is 14.4 Å². The van der Waals surface area contributed by atoms with Gasteiger partial charge in [-0.3, -0.25) is 14.4 Å². The summed E-state index contributed by atoms with van der Waals surface area (Å²) in [5.41, 5.74) is 0. The second kappa shape index (κ2) is 6.04. The maximum atomic E-state index is 11.8. The number of likely N-dealkylation sites (tertiary alicyclic amines) is 1. The van der Waals surface area contributed by atoms with Crippen molar-refractivity contribution in [1.29, 1.82) is 0 Å². The summed E-state index contributed by atoms with van der Waals surface area (Å²) in [6.07, 6.45) is 4.85. The van der Waals surface area contributed by atoms with Gasteiger partial charge < -0.3 is 15.3 Å². The summed E-state index contributed by atoms with van der Waals surface area (Å²) in [6, 6.07) is 0.225. The van der Waals surface area contributed by atoms with Crippen LogP contribution in [0.25, 0.3) is 0 Å². The molecule has 1 saturated heterocycles. The maximum absolute atomic E-state index is 11.8. The molecular formula is C13H20N2O4. The minimum atomic E-state index is -0.895. The van der Waals surface area contributed by atoms with Crippen molar-refractivity contribution >= 4 is 17.8 Å². The Morgan fingerprint density at radius 1 is 1.26 bits per heavy atom. The molecule has 1 aliphatic carbocycles. The lowest BCUT2D eigenvalue weighted by Crippen LogP contribution is -2.48. The lowest BCUT2D eigenvalue weighted by atomic mass is 9.98. The minimum Gasteiger partial charge on any atom is -0.481 e. The molecule has 2 fully saturated rings. The number of piperidine rings is 1. The van der Waals surface area contributed by atoms with Gasteiger partial charge in [0.25, 0.3) is 0 Å². The monoisotopic (exact) mass is 268 g/mol. The van der Waals surface area contributed by atoms with Gasteiger partial charge in [-0.1, -0.05) is 12.8 Å². The Morgan fingerprint density at radius 2 is 1.95 bits per heavy atom. The van der Waals surface area contributed by atoms with Crippen molar-refractivity contribution in [3.8, 4) is 0 Å². The highest BCUT2D eigenvalue weighted by Crippen LogP contribution is 2.19. The number of aliphatic carboxylic acids is 1. The molecule has 0 bridgehead atoms. The molecule has 1 aliphatic heterocycles. The van der Waals surface area contributed by atoms with Crippen molar-refractivity contribution in [3.05, 3.63) is 0 Å². The van der Waals surface area contributed by atoms with E-state index in [2.05, 4.69) is 5.32 Å². The summed E-state index contributed by atoms with van der Waals surface area (Å²) in [5, 5.41) is 11.9. The first-order valence-corrected chi connectivity index (χ1v) is 6.86. The fraction of sp³-hybridized carbons (Fsp3) is 0.769. The third-order valence-electron chi connectivity index (χ3n) is 3.90. The number of nitrogens with zero attached hydrogens (tertiary/aromatic N) is 1. The minimum absolute atomic E-state index is 0.0148. The Labute approximate surface area is 112 Å². The molecule has 2 amide bonds. The number of rotatable bonds is 4. The zero-order chi connectivity index (χ0) is 13.8. The predicted molar refractivity (Wildman–Crippen MR) is 67.3 cm³/mol.